The number of hydrogen-bond acceptors (Lipinski definition) is 5. The van der Waals surface area contributed by atoms with Gasteiger partial charge in [0.2, 0.25) is 0 Å². The molecule has 0 fully saturated rings. The molecule has 2 heterocycles. The van der Waals surface area contributed by atoms with E-state index in [9.17, 15) is 8.42 Å². The van der Waals surface area contributed by atoms with E-state index in [0.29, 0.717) is 6.54 Å². The van der Waals surface area contributed by atoms with Crippen molar-refractivity contribution in [3.8, 4) is 0 Å². The monoisotopic (exact) mass is 285 g/mol. The summed E-state index contributed by atoms with van der Waals surface area (Å²) in [6.45, 7) is 2.15. The van der Waals surface area contributed by atoms with E-state index in [1.165, 1.54) is 6.20 Å². The van der Waals surface area contributed by atoms with Gasteiger partial charge in [-0.3, -0.25) is 9.78 Å². The van der Waals surface area contributed by atoms with Gasteiger partial charge in [-0.1, -0.05) is 0 Å². The van der Waals surface area contributed by atoms with Gasteiger partial charge < -0.3 is 5.11 Å². The SMILES string of the molecule is Cc1cnn(CCNS(=O)(=O)c2[nH]ncc2CO)c1. The molecule has 2 rings (SSSR count). The molecule has 9 heteroatoms. The number of aromatic nitrogens is 4. The van der Waals surface area contributed by atoms with Crippen molar-refractivity contribution >= 4 is 10.0 Å². The minimum absolute atomic E-state index is 0.105. The van der Waals surface area contributed by atoms with Crippen molar-refractivity contribution < 1.29 is 13.5 Å². The molecule has 0 aromatic carbocycles. The quantitative estimate of drug-likeness (QED) is 0.655. The lowest BCUT2D eigenvalue weighted by molar-refractivity contribution is 0.278. The fourth-order valence-electron chi connectivity index (χ4n) is 1.60. The highest BCUT2D eigenvalue weighted by atomic mass is 32.2. The summed E-state index contributed by atoms with van der Waals surface area (Å²) in [5.41, 5.74) is 1.25. The molecule has 8 nitrogen and oxygen atoms in total. The first-order valence-corrected chi connectivity index (χ1v) is 7.13. The summed E-state index contributed by atoms with van der Waals surface area (Å²) in [4.78, 5) is 0. The summed E-state index contributed by atoms with van der Waals surface area (Å²) in [5, 5.41) is 18.9. The Kier molecular flexibility index (Phi) is 3.98. The van der Waals surface area contributed by atoms with Gasteiger partial charge in [-0.05, 0) is 12.5 Å². The number of sulfonamides is 1. The summed E-state index contributed by atoms with van der Waals surface area (Å²) in [6, 6.07) is 0. The molecule has 0 amide bonds. The normalized spacial score (nSPS) is 11.9. The second-order valence-electron chi connectivity index (χ2n) is 4.06. The zero-order valence-electron chi connectivity index (χ0n) is 10.4. The lowest BCUT2D eigenvalue weighted by Crippen LogP contribution is -2.28. The van der Waals surface area contributed by atoms with Gasteiger partial charge in [0.05, 0.1) is 25.5 Å². The van der Waals surface area contributed by atoms with E-state index in [1.54, 1.807) is 10.9 Å². The molecule has 0 radical (unpaired) electrons. The van der Waals surface area contributed by atoms with Crippen molar-refractivity contribution in [2.24, 2.45) is 0 Å². The molecule has 0 aliphatic heterocycles. The maximum atomic E-state index is 11.9. The van der Waals surface area contributed by atoms with Gasteiger partial charge in [0, 0.05) is 18.3 Å². The maximum absolute atomic E-state index is 11.9. The second-order valence-corrected chi connectivity index (χ2v) is 5.76. The highest BCUT2D eigenvalue weighted by Crippen LogP contribution is 2.10. The minimum Gasteiger partial charge on any atom is -0.392 e. The first-order valence-electron chi connectivity index (χ1n) is 5.65. The first-order chi connectivity index (χ1) is 9.03. The van der Waals surface area contributed by atoms with Crippen LogP contribution in [-0.4, -0.2) is 40.0 Å². The van der Waals surface area contributed by atoms with Gasteiger partial charge >= 0.3 is 0 Å². The van der Waals surface area contributed by atoms with Crippen LogP contribution in [0.3, 0.4) is 0 Å². The molecule has 0 saturated heterocycles. The van der Waals surface area contributed by atoms with Crippen LogP contribution in [0, 0.1) is 6.92 Å². The van der Waals surface area contributed by atoms with Crippen molar-refractivity contribution in [2.45, 2.75) is 25.1 Å². The third-order valence-electron chi connectivity index (χ3n) is 2.51. The molecular weight excluding hydrogens is 270 g/mol. The second kappa shape index (κ2) is 5.51. The van der Waals surface area contributed by atoms with Crippen molar-refractivity contribution in [1.82, 2.24) is 24.7 Å². The van der Waals surface area contributed by atoms with E-state index in [4.69, 9.17) is 5.11 Å². The zero-order chi connectivity index (χ0) is 13.9. The molecule has 0 aliphatic carbocycles. The molecule has 2 aromatic heterocycles. The molecule has 0 aliphatic rings. The summed E-state index contributed by atoms with van der Waals surface area (Å²) < 4.78 is 28.0. The molecule has 104 valence electrons. The third kappa shape index (κ3) is 3.19. The molecule has 19 heavy (non-hydrogen) atoms. The van der Waals surface area contributed by atoms with Crippen LogP contribution >= 0.6 is 0 Å². The number of aromatic amines is 1. The maximum Gasteiger partial charge on any atom is 0.257 e. The Balaban J connectivity index is 1.98. The standard InChI is InChI=1S/C10H15N5O3S/c1-8-4-12-15(6-8)3-2-13-19(17,18)10-9(7-16)5-11-14-10/h4-6,13,16H,2-3,7H2,1H3,(H,11,14). The van der Waals surface area contributed by atoms with Crippen LogP contribution in [0.25, 0.3) is 0 Å². The highest BCUT2D eigenvalue weighted by molar-refractivity contribution is 7.89. The molecule has 0 atom stereocenters. The van der Waals surface area contributed by atoms with E-state index in [-0.39, 0.29) is 23.7 Å². The lowest BCUT2D eigenvalue weighted by atomic mass is 10.4. The van der Waals surface area contributed by atoms with Crippen LogP contribution in [-0.2, 0) is 23.2 Å². The number of hydrogen-bond donors (Lipinski definition) is 3. The summed E-state index contributed by atoms with van der Waals surface area (Å²) in [6.07, 6.45) is 4.81. The van der Waals surface area contributed by atoms with Crippen LogP contribution in [0.2, 0.25) is 0 Å². The van der Waals surface area contributed by atoms with Gasteiger partial charge in [0.15, 0.2) is 5.03 Å². The third-order valence-corrected chi connectivity index (χ3v) is 3.99. The number of aliphatic hydroxyl groups excluding tert-OH is 1. The largest absolute Gasteiger partial charge is 0.392 e. The predicted octanol–water partition coefficient (Wildman–Crippen LogP) is -0.615. The van der Waals surface area contributed by atoms with Crippen molar-refractivity contribution in [2.75, 3.05) is 6.54 Å². The molecule has 0 spiro atoms. The van der Waals surface area contributed by atoms with Crippen molar-refractivity contribution in [3.63, 3.8) is 0 Å². The summed E-state index contributed by atoms with van der Waals surface area (Å²) in [5.74, 6) is 0. The lowest BCUT2D eigenvalue weighted by Gasteiger charge is -2.06. The fourth-order valence-corrected chi connectivity index (χ4v) is 2.74. The Hall–Kier alpha value is -1.71. The van der Waals surface area contributed by atoms with E-state index < -0.39 is 10.0 Å². The number of nitrogens with zero attached hydrogens (tertiary/aromatic N) is 3. The van der Waals surface area contributed by atoms with Gasteiger partial charge in [0.1, 0.15) is 0 Å². The molecule has 3 N–H and O–H groups in total. The van der Waals surface area contributed by atoms with E-state index in [0.717, 1.165) is 5.56 Å². The van der Waals surface area contributed by atoms with Crippen LogP contribution in [0.15, 0.2) is 23.6 Å². The number of H-pyrrole nitrogens is 1. The van der Waals surface area contributed by atoms with Crippen molar-refractivity contribution in [3.05, 3.63) is 29.7 Å². The average Bonchev–Trinajstić information content (AvgIpc) is 2.97. The Bertz CT molecular complexity index is 646. The molecule has 0 saturated carbocycles. The Morgan fingerprint density at radius 1 is 1.47 bits per heavy atom. The van der Waals surface area contributed by atoms with Crippen LogP contribution in [0.1, 0.15) is 11.1 Å². The Morgan fingerprint density at radius 3 is 2.89 bits per heavy atom. The van der Waals surface area contributed by atoms with E-state index in [1.807, 2.05) is 13.1 Å². The van der Waals surface area contributed by atoms with Crippen LogP contribution in [0.5, 0.6) is 0 Å². The molecule has 2 aromatic rings. The van der Waals surface area contributed by atoms with Crippen LogP contribution in [0.4, 0.5) is 0 Å². The first kappa shape index (κ1) is 13.7. The summed E-state index contributed by atoms with van der Waals surface area (Å²) >= 11 is 0. The van der Waals surface area contributed by atoms with Gasteiger partial charge in [0.25, 0.3) is 10.0 Å². The van der Waals surface area contributed by atoms with E-state index >= 15 is 0 Å². The number of aryl methyl sites for hydroxylation is 1. The molecular formula is C10H15N5O3S. The Labute approximate surface area is 110 Å². The van der Waals surface area contributed by atoms with E-state index in [2.05, 4.69) is 20.0 Å². The van der Waals surface area contributed by atoms with Crippen LogP contribution < -0.4 is 4.72 Å². The molecule has 0 unspecified atom stereocenters. The van der Waals surface area contributed by atoms with Gasteiger partial charge in [-0.15, -0.1) is 0 Å². The smallest absolute Gasteiger partial charge is 0.257 e. The van der Waals surface area contributed by atoms with Gasteiger partial charge in [-0.25, -0.2) is 13.1 Å². The number of nitrogens with one attached hydrogen (secondary N) is 2. The number of rotatable bonds is 6. The molecule has 0 bridgehead atoms. The Morgan fingerprint density at radius 2 is 2.26 bits per heavy atom. The zero-order valence-corrected chi connectivity index (χ0v) is 11.2. The number of aliphatic hydroxyl groups is 1. The van der Waals surface area contributed by atoms with Crippen molar-refractivity contribution in [1.29, 1.82) is 0 Å². The topological polar surface area (TPSA) is 113 Å². The fraction of sp³-hybridized carbons (Fsp3) is 0.400. The average molecular weight is 285 g/mol. The predicted molar refractivity (Wildman–Crippen MR) is 66.7 cm³/mol. The summed E-state index contributed by atoms with van der Waals surface area (Å²) in [7, 11) is -3.69. The van der Waals surface area contributed by atoms with Gasteiger partial charge in [-0.2, -0.15) is 10.2 Å². The minimum atomic E-state index is -3.69. The highest BCUT2D eigenvalue weighted by Gasteiger charge is 2.19.